The minimum Gasteiger partial charge on any atom is -0.369 e. The van der Waals surface area contributed by atoms with Gasteiger partial charge in [0.2, 0.25) is 10.0 Å². The summed E-state index contributed by atoms with van der Waals surface area (Å²) in [6.07, 6.45) is 5.67. The molecule has 3 heterocycles. The number of rotatable bonds is 3. The van der Waals surface area contributed by atoms with Gasteiger partial charge in [-0.1, -0.05) is 35.2 Å². The van der Waals surface area contributed by atoms with Gasteiger partial charge in [0.15, 0.2) is 0 Å². The third kappa shape index (κ3) is 2.15. The number of alkyl halides is 1. The Balaban J connectivity index is 1.68. The van der Waals surface area contributed by atoms with Crippen molar-refractivity contribution in [3.05, 3.63) is 0 Å². The summed E-state index contributed by atoms with van der Waals surface area (Å²) in [6.45, 7) is 1.93. The van der Waals surface area contributed by atoms with Gasteiger partial charge in [0, 0.05) is 6.04 Å². The van der Waals surface area contributed by atoms with Gasteiger partial charge >= 0.3 is 0 Å². The molecule has 1 aliphatic carbocycles. The van der Waals surface area contributed by atoms with Gasteiger partial charge in [0.25, 0.3) is 0 Å². The Labute approximate surface area is 134 Å². The first kappa shape index (κ1) is 14.9. The lowest BCUT2D eigenvalue weighted by Gasteiger charge is -2.35. The van der Waals surface area contributed by atoms with Gasteiger partial charge in [-0.15, -0.1) is 0 Å². The van der Waals surface area contributed by atoms with E-state index in [9.17, 15) is 8.42 Å². The molecular formula is C14H22BrNO4S. The molecule has 0 radical (unpaired) electrons. The first-order valence-electron chi connectivity index (χ1n) is 7.97. The number of fused-ring (bicyclic) bond motifs is 1. The van der Waals surface area contributed by atoms with Crippen LogP contribution < -0.4 is 0 Å². The summed E-state index contributed by atoms with van der Waals surface area (Å²) in [5.41, 5.74) is 0. The smallest absolute Gasteiger partial charge is 0.220 e. The molecule has 7 heteroatoms. The molecule has 1 saturated carbocycles. The lowest BCUT2D eigenvalue weighted by molar-refractivity contribution is -0.0217. The van der Waals surface area contributed by atoms with Gasteiger partial charge in [-0.2, -0.15) is 4.31 Å². The van der Waals surface area contributed by atoms with Crippen molar-refractivity contribution in [2.75, 3.05) is 0 Å². The van der Waals surface area contributed by atoms with Crippen LogP contribution in [0.4, 0.5) is 0 Å². The van der Waals surface area contributed by atoms with Crippen LogP contribution in [-0.2, 0) is 19.5 Å². The standard InChI is InChI=1S/C14H22BrNO4S/c1-8(15)19-13-10-7-11-14(20-10)12(13)16(21(11,17)18)9-5-3-2-4-6-9/h8-14H,2-7H2,1H3. The highest BCUT2D eigenvalue weighted by atomic mass is 79.9. The van der Waals surface area contributed by atoms with Crippen LogP contribution in [0.15, 0.2) is 0 Å². The molecule has 6 unspecified atom stereocenters. The molecule has 0 aromatic carbocycles. The van der Waals surface area contributed by atoms with Crippen molar-refractivity contribution >= 4 is 26.0 Å². The highest BCUT2D eigenvalue weighted by molar-refractivity contribution is 9.09. The SMILES string of the molecule is CC(Br)OC1C2CC3C(O2)C1N(C1CCCCC1)S3(=O)=O. The first-order chi connectivity index (χ1) is 10.00. The van der Waals surface area contributed by atoms with Crippen molar-refractivity contribution in [1.82, 2.24) is 4.31 Å². The normalized spacial score (nSPS) is 47.0. The molecular weight excluding hydrogens is 358 g/mol. The number of hydrogen-bond donors (Lipinski definition) is 0. The van der Waals surface area contributed by atoms with Crippen LogP contribution >= 0.6 is 15.9 Å². The zero-order valence-electron chi connectivity index (χ0n) is 12.2. The number of ether oxygens (including phenoxy) is 2. The average molecular weight is 380 g/mol. The lowest BCUT2D eigenvalue weighted by atomic mass is 9.89. The molecule has 4 fully saturated rings. The fourth-order valence-electron chi connectivity index (χ4n) is 4.71. The molecule has 0 aromatic heterocycles. The van der Waals surface area contributed by atoms with Crippen LogP contribution in [0.5, 0.6) is 0 Å². The van der Waals surface area contributed by atoms with Gasteiger partial charge in [-0.25, -0.2) is 8.42 Å². The van der Waals surface area contributed by atoms with E-state index in [4.69, 9.17) is 9.47 Å². The monoisotopic (exact) mass is 379 g/mol. The summed E-state index contributed by atoms with van der Waals surface area (Å²) < 4.78 is 39.6. The summed E-state index contributed by atoms with van der Waals surface area (Å²) in [5.74, 6) is 0. The van der Waals surface area contributed by atoms with Gasteiger partial charge < -0.3 is 9.47 Å². The first-order valence-corrected chi connectivity index (χ1v) is 10.4. The van der Waals surface area contributed by atoms with E-state index < -0.39 is 10.0 Å². The van der Waals surface area contributed by atoms with Crippen LogP contribution in [0.2, 0.25) is 0 Å². The summed E-state index contributed by atoms with van der Waals surface area (Å²) in [6, 6.07) is 0.0419. The fraction of sp³-hybridized carbons (Fsp3) is 1.00. The van der Waals surface area contributed by atoms with E-state index in [0.717, 1.165) is 25.7 Å². The third-order valence-electron chi connectivity index (χ3n) is 5.45. The topological polar surface area (TPSA) is 55.8 Å². The second-order valence-electron chi connectivity index (χ2n) is 6.71. The van der Waals surface area contributed by atoms with Crippen molar-refractivity contribution in [2.45, 2.75) is 86.1 Å². The molecule has 5 nitrogen and oxygen atoms in total. The molecule has 6 atom stereocenters. The zero-order chi connectivity index (χ0) is 14.8. The van der Waals surface area contributed by atoms with Crippen LogP contribution in [0.3, 0.4) is 0 Å². The van der Waals surface area contributed by atoms with Gasteiger partial charge in [-0.05, 0) is 26.2 Å². The lowest BCUT2D eigenvalue weighted by Crippen LogP contribution is -2.50. The van der Waals surface area contributed by atoms with Crippen molar-refractivity contribution in [2.24, 2.45) is 0 Å². The molecule has 2 bridgehead atoms. The van der Waals surface area contributed by atoms with Crippen LogP contribution in [-0.4, -0.2) is 53.4 Å². The Morgan fingerprint density at radius 1 is 1.29 bits per heavy atom. The molecule has 3 aliphatic heterocycles. The number of sulfonamides is 1. The predicted molar refractivity (Wildman–Crippen MR) is 81.7 cm³/mol. The van der Waals surface area contributed by atoms with E-state index in [1.165, 1.54) is 6.42 Å². The molecule has 0 N–H and O–H groups in total. The van der Waals surface area contributed by atoms with Crippen molar-refractivity contribution in [1.29, 1.82) is 0 Å². The fourth-order valence-corrected chi connectivity index (χ4v) is 7.47. The van der Waals surface area contributed by atoms with Crippen LogP contribution in [0.1, 0.15) is 45.4 Å². The molecule has 120 valence electrons. The van der Waals surface area contributed by atoms with E-state index in [0.29, 0.717) is 6.42 Å². The minimum absolute atomic E-state index is 0.0617. The van der Waals surface area contributed by atoms with Crippen LogP contribution in [0.25, 0.3) is 0 Å². The molecule has 4 aliphatic rings. The van der Waals surface area contributed by atoms with Crippen molar-refractivity contribution in [3.63, 3.8) is 0 Å². The van der Waals surface area contributed by atoms with E-state index in [-0.39, 0.29) is 40.7 Å². The average Bonchev–Trinajstić information content (AvgIpc) is 3.03. The second-order valence-corrected chi connectivity index (χ2v) is 10.1. The second kappa shape index (κ2) is 5.16. The number of hydrogen-bond acceptors (Lipinski definition) is 4. The van der Waals surface area contributed by atoms with Crippen LogP contribution in [0, 0.1) is 0 Å². The number of nitrogens with zero attached hydrogens (tertiary/aromatic N) is 1. The maximum atomic E-state index is 12.9. The Kier molecular flexibility index (Phi) is 3.65. The predicted octanol–water partition coefficient (Wildman–Crippen LogP) is 2.00. The van der Waals surface area contributed by atoms with Crippen molar-refractivity contribution < 1.29 is 17.9 Å². The van der Waals surface area contributed by atoms with Gasteiger partial charge in [-0.3, -0.25) is 0 Å². The van der Waals surface area contributed by atoms with E-state index >= 15 is 0 Å². The maximum absolute atomic E-state index is 12.9. The molecule has 0 aromatic rings. The highest BCUT2D eigenvalue weighted by Crippen LogP contribution is 2.51. The van der Waals surface area contributed by atoms with E-state index in [2.05, 4.69) is 15.9 Å². The third-order valence-corrected chi connectivity index (χ3v) is 8.02. The largest absolute Gasteiger partial charge is 0.369 e. The molecule has 3 saturated heterocycles. The minimum atomic E-state index is -3.23. The zero-order valence-corrected chi connectivity index (χ0v) is 14.6. The Morgan fingerprint density at radius 2 is 2.00 bits per heavy atom. The Hall–Kier alpha value is 0.310. The Morgan fingerprint density at radius 3 is 2.67 bits per heavy atom. The molecule has 4 rings (SSSR count). The number of halogens is 1. The maximum Gasteiger partial charge on any atom is 0.220 e. The Bertz CT molecular complexity index is 519. The molecule has 0 amide bonds. The van der Waals surface area contributed by atoms with Gasteiger partial charge in [0.1, 0.15) is 16.4 Å². The quantitative estimate of drug-likeness (QED) is 0.703. The van der Waals surface area contributed by atoms with E-state index in [1.54, 1.807) is 4.31 Å². The van der Waals surface area contributed by atoms with Crippen molar-refractivity contribution in [3.8, 4) is 0 Å². The summed E-state index contributed by atoms with van der Waals surface area (Å²) in [7, 11) is -3.23. The molecule has 21 heavy (non-hydrogen) atoms. The van der Waals surface area contributed by atoms with E-state index in [1.807, 2.05) is 6.92 Å². The van der Waals surface area contributed by atoms with Gasteiger partial charge in [0.05, 0.1) is 18.2 Å². The molecule has 0 spiro atoms. The highest BCUT2D eigenvalue weighted by Gasteiger charge is 2.69. The summed E-state index contributed by atoms with van der Waals surface area (Å²) >= 11 is 3.42. The summed E-state index contributed by atoms with van der Waals surface area (Å²) in [4.78, 5) is 0. The summed E-state index contributed by atoms with van der Waals surface area (Å²) in [5, 5.41) is -0.416.